The number of rotatable bonds is 6. The molecule has 0 aliphatic rings. The first-order chi connectivity index (χ1) is 13.4. The number of aromatic hydroxyl groups is 1. The number of nitrogens with one attached hydrogen (secondary N) is 1. The molecule has 4 N–H and O–H groups in total. The highest BCUT2D eigenvalue weighted by Crippen LogP contribution is 2.18. The van der Waals surface area contributed by atoms with Crippen molar-refractivity contribution >= 4 is 11.8 Å². The van der Waals surface area contributed by atoms with Gasteiger partial charge in [0.25, 0.3) is 0 Å². The van der Waals surface area contributed by atoms with Crippen LogP contribution in [0.4, 0.5) is 0 Å². The van der Waals surface area contributed by atoms with Gasteiger partial charge < -0.3 is 15.6 Å². The van der Waals surface area contributed by atoms with E-state index >= 15 is 0 Å². The van der Waals surface area contributed by atoms with Gasteiger partial charge in [0, 0.05) is 12.0 Å². The van der Waals surface area contributed by atoms with Gasteiger partial charge in [-0.2, -0.15) is 0 Å². The normalized spacial score (nSPS) is 10.6. The summed E-state index contributed by atoms with van der Waals surface area (Å²) < 4.78 is 7.12. The number of methoxy groups -OCH3 is 1. The van der Waals surface area contributed by atoms with Gasteiger partial charge in [-0.05, 0) is 48.4 Å². The van der Waals surface area contributed by atoms with Crippen molar-refractivity contribution in [3.05, 3.63) is 76.3 Å². The number of aromatic nitrogens is 2. The Bertz CT molecular complexity index is 1060. The highest BCUT2D eigenvalue weighted by molar-refractivity contribution is 5.95. The molecule has 3 aromatic rings. The van der Waals surface area contributed by atoms with E-state index < -0.39 is 5.69 Å². The lowest BCUT2D eigenvalue weighted by Gasteiger charge is -2.06. The molecular weight excluding hydrogens is 360 g/mol. The average Bonchev–Trinajstić information content (AvgIpc) is 3.00. The van der Waals surface area contributed by atoms with Crippen LogP contribution < -0.4 is 11.4 Å². The molecule has 0 aliphatic carbocycles. The first kappa shape index (κ1) is 19.0. The number of carbonyl (C=O) groups is 1. The minimum Gasteiger partial charge on any atom is -0.493 e. The van der Waals surface area contributed by atoms with Crippen LogP contribution >= 0.6 is 0 Å². The van der Waals surface area contributed by atoms with Crippen molar-refractivity contribution in [1.29, 1.82) is 5.41 Å². The monoisotopic (exact) mass is 380 g/mol. The van der Waals surface area contributed by atoms with Gasteiger partial charge in [-0.1, -0.05) is 12.1 Å². The second kappa shape index (κ2) is 7.83. The summed E-state index contributed by atoms with van der Waals surface area (Å²) in [6.07, 6.45) is 2.13. The predicted molar refractivity (Wildman–Crippen MR) is 104 cm³/mol. The summed E-state index contributed by atoms with van der Waals surface area (Å²) >= 11 is 0. The molecule has 0 spiro atoms. The number of ether oxygens (including phenoxy) is 1. The van der Waals surface area contributed by atoms with E-state index in [4.69, 9.17) is 11.1 Å². The smallest absolute Gasteiger partial charge is 0.340 e. The Morgan fingerprint density at radius 2 is 1.71 bits per heavy atom. The Morgan fingerprint density at radius 3 is 2.29 bits per heavy atom. The Labute approximate surface area is 160 Å². The number of nitrogens with zero attached hydrogens (tertiary/aromatic N) is 2. The molecule has 28 heavy (non-hydrogen) atoms. The van der Waals surface area contributed by atoms with Gasteiger partial charge in [-0.15, -0.1) is 0 Å². The molecule has 0 amide bonds. The first-order valence-corrected chi connectivity index (χ1v) is 8.55. The number of carbonyl (C=O) groups excluding carboxylic acids is 1. The summed E-state index contributed by atoms with van der Waals surface area (Å²) in [6, 6.07) is 13.6. The summed E-state index contributed by atoms with van der Waals surface area (Å²) in [5, 5.41) is 17.7. The average molecular weight is 380 g/mol. The number of hydrogen-bond donors (Lipinski definition) is 3. The van der Waals surface area contributed by atoms with Crippen molar-refractivity contribution in [2.45, 2.75) is 12.8 Å². The third-order valence-electron chi connectivity index (χ3n) is 4.37. The van der Waals surface area contributed by atoms with Crippen LogP contribution in [0.25, 0.3) is 11.4 Å². The highest BCUT2D eigenvalue weighted by Gasteiger charge is 2.14. The fourth-order valence-corrected chi connectivity index (χ4v) is 2.82. The van der Waals surface area contributed by atoms with E-state index in [1.165, 1.54) is 22.4 Å². The van der Waals surface area contributed by atoms with Crippen molar-refractivity contribution in [3.8, 4) is 17.3 Å². The van der Waals surface area contributed by atoms with E-state index in [9.17, 15) is 14.7 Å². The van der Waals surface area contributed by atoms with Crippen LogP contribution in [-0.2, 0) is 16.0 Å². The van der Waals surface area contributed by atoms with E-state index in [0.717, 1.165) is 5.56 Å². The molecule has 0 aliphatic heterocycles. The molecule has 0 unspecified atom stereocenters. The Hall–Kier alpha value is -3.81. The van der Waals surface area contributed by atoms with Gasteiger partial charge in [0.2, 0.25) is 5.88 Å². The fraction of sp³-hybridized carbons (Fsp3) is 0.150. The zero-order chi connectivity index (χ0) is 20.3. The molecule has 8 nitrogen and oxygen atoms in total. The number of amidine groups is 1. The minimum atomic E-state index is -0.435. The molecule has 0 radical (unpaired) electrons. The molecule has 8 heteroatoms. The molecular formula is C20H20N4O4. The molecule has 0 saturated carbocycles. The van der Waals surface area contributed by atoms with Crippen LogP contribution in [0.3, 0.4) is 0 Å². The zero-order valence-corrected chi connectivity index (χ0v) is 15.3. The van der Waals surface area contributed by atoms with Crippen LogP contribution in [0.2, 0.25) is 0 Å². The summed E-state index contributed by atoms with van der Waals surface area (Å²) in [7, 11) is 1.35. The van der Waals surface area contributed by atoms with Crippen molar-refractivity contribution < 1.29 is 14.6 Å². The van der Waals surface area contributed by atoms with Gasteiger partial charge in [-0.3, -0.25) is 14.8 Å². The second-order valence-electron chi connectivity index (χ2n) is 6.18. The lowest BCUT2D eigenvalue weighted by molar-refractivity contribution is -0.140. The number of nitrogens with two attached hydrogens (primary N) is 1. The highest BCUT2D eigenvalue weighted by atomic mass is 16.5. The number of benzene rings is 2. The number of imidazole rings is 1. The number of nitrogen functional groups attached to an aromatic ring is 1. The first-order valence-electron chi connectivity index (χ1n) is 8.55. The summed E-state index contributed by atoms with van der Waals surface area (Å²) in [5.74, 6) is -0.555. The van der Waals surface area contributed by atoms with Crippen molar-refractivity contribution in [2.75, 3.05) is 7.11 Å². The van der Waals surface area contributed by atoms with Gasteiger partial charge in [-0.25, -0.2) is 9.36 Å². The summed E-state index contributed by atoms with van der Waals surface area (Å²) in [5.41, 5.74) is 7.51. The quantitative estimate of drug-likeness (QED) is 0.341. The van der Waals surface area contributed by atoms with Gasteiger partial charge in [0.05, 0.1) is 24.7 Å². The molecule has 3 rings (SSSR count). The van der Waals surface area contributed by atoms with E-state index in [1.54, 1.807) is 48.5 Å². The third kappa shape index (κ3) is 3.80. The zero-order valence-electron chi connectivity index (χ0n) is 15.3. The molecule has 1 heterocycles. The molecule has 0 saturated heterocycles. The van der Waals surface area contributed by atoms with Crippen molar-refractivity contribution in [1.82, 2.24) is 9.13 Å². The predicted octanol–water partition coefficient (Wildman–Crippen LogP) is 1.72. The largest absolute Gasteiger partial charge is 0.493 e. The fourth-order valence-electron chi connectivity index (χ4n) is 2.82. The lowest BCUT2D eigenvalue weighted by Crippen LogP contribution is -2.22. The van der Waals surface area contributed by atoms with Crippen LogP contribution in [0.15, 0.2) is 59.5 Å². The van der Waals surface area contributed by atoms with E-state index in [1.807, 2.05) is 0 Å². The van der Waals surface area contributed by atoms with Crippen molar-refractivity contribution in [2.24, 2.45) is 5.73 Å². The Morgan fingerprint density at radius 1 is 1.11 bits per heavy atom. The maximum absolute atomic E-state index is 12.8. The van der Waals surface area contributed by atoms with Gasteiger partial charge in [0.1, 0.15) is 5.84 Å². The molecule has 2 aromatic carbocycles. The Kier molecular flexibility index (Phi) is 5.30. The maximum atomic E-state index is 12.8. The van der Waals surface area contributed by atoms with Gasteiger partial charge >= 0.3 is 11.7 Å². The third-order valence-corrected chi connectivity index (χ3v) is 4.37. The minimum absolute atomic E-state index is 0.0633. The van der Waals surface area contributed by atoms with E-state index in [0.29, 0.717) is 23.4 Å². The van der Waals surface area contributed by atoms with Gasteiger partial charge in [0.15, 0.2) is 0 Å². The van der Waals surface area contributed by atoms with Crippen LogP contribution in [0, 0.1) is 5.41 Å². The molecule has 0 bridgehead atoms. The Balaban J connectivity index is 1.88. The number of aryl methyl sites for hydroxylation is 1. The molecule has 0 fully saturated rings. The lowest BCUT2D eigenvalue weighted by atomic mass is 10.1. The van der Waals surface area contributed by atoms with E-state index in [2.05, 4.69) is 4.74 Å². The SMILES string of the molecule is COC(=O)CCc1ccc(-n2c(O)cn(-c3ccc(C(=N)N)cc3)c2=O)cc1. The van der Waals surface area contributed by atoms with Crippen LogP contribution in [0.5, 0.6) is 5.88 Å². The van der Waals surface area contributed by atoms with Crippen LogP contribution in [-0.4, -0.2) is 33.2 Å². The number of esters is 1. The summed E-state index contributed by atoms with van der Waals surface area (Å²) in [6.45, 7) is 0. The van der Waals surface area contributed by atoms with E-state index in [-0.39, 0.29) is 24.1 Å². The molecule has 1 aromatic heterocycles. The molecule has 0 atom stereocenters. The summed E-state index contributed by atoms with van der Waals surface area (Å²) in [4.78, 5) is 24.0. The number of hydrogen-bond acceptors (Lipinski definition) is 5. The van der Waals surface area contributed by atoms with Crippen LogP contribution in [0.1, 0.15) is 17.5 Å². The second-order valence-corrected chi connectivity index (χ2v) is 6.18. The maximum Gasteiger partial charge on any atom is 0.340 e. The topological polar surface area (TPSA) is 123 Å². The standard InChI is InChI=1S/C20H20N4O4/c1-28-18(26)11-4-13-2-7-16(8-3-13)24-17(25)12-23(20(24)27)15-9-5-14(6-10-15)19(21)22/h2-3,5-10,12,25H,4,11H2,1H3,(H3,21,22). The van der Waals surface area contributed by atoms with Crippen molar-refractivity contribution in [3.63, 3.8) is 0 Å². The molecule has 144 valence electrons.